The Morgan fingerprint density at radius 3 is 2.57 bits per heavy atom. The van der Waals surface area contributed by atoms with Gasteiger partial charge in [-0.25, -0.2) is 9.37 Å². The van der Waals surface area contributed by atoms with E-state index in [9.17, 15) is 14.0 Å². The summed E-state index contributed by atoms with van der Waals surface area (Å²) in [6, 6.07) is 19.8. The minimum absolute atomic E-state index is 0.0118. The first kappa shape index (κ1) is 22.7. The molecule has 7 nitrogen and oxygen atoms in total. The highest BCUT2D eigenvalue weighted by Crippen LogP contribution is 2.29. The Kier molecular flexibility index (Phi) is 6.24. The van der Waals surface area contributed by atoms with Crippen molar-refractivity contribution in [3.05, 3.63) is 89.0 Å². The van der Waals surface area contributed by atoms with Crippen molar-refractivity contribution in [1.82, 2.24) is 9.55 Å². The van der Waals surface area contributed by atoms with E-state index < -0.39 is 0 Å². The number of thioether (sulfide) groups is 1. The SMILES string of the molecule is CCOc1ccc(-n2c(SCC(=O)Nc3ccc(F)cc3)nc3c(oc4ccccc43)c2=O)cc1. The second kappa shape index (κ2) is 9.63. The van der Waals surface area contributed by atoms with Crippen LogP contribution in [0.25, 0.3) is 27.8 Å². The van der Waals surface area contributed by atoms with Crippen molar-refractivity contribution in [2.24, 2.45) is 0 Å². The number of benzene rings is 3. The minimum Gasteiger partial charge on any atom is -0.494 e. The number of aromatic nitrogens is 2. The molecule has 35 heavy (non-hydrogen) atoms. The summed E-state index contributed by atoms with van der Waals surface area (Å²) in [6.45, 7) is 2.42. The number of nitrogens with zero attached hydrogens (tertiary/aromatic N) is 2. The lowest BCUT2D eigenvalue weighted by molar-refractivity contribution is -0.113. The molecule has 0 bridgehead atoms. The Bertz CT molecular complexity index is 1580. The van der Waals surface area contributed by atoms with Crippen LogP contribution < -0.4 is 15.6 Å². The number of carbonyl (C=O) groups excluding carboxylic acids is 1. The molecule has 5 rings (SSSR count). The smallest absolute Gasteiger partial charge is 0.302 e. The Morgan fingerprint density at radius 2 is 1.83 bits per heavy atom. The van der Waals surface area contributed by atoms with Crippen molar-refractivity contribution in [1.29, 1.82) is 0 Å². The maximum atomic E-state index is 13.5. The molecule has 0 aliphatic rings. The quantitative estimate of drug-likeness (QED) is 0.243. The Morgan fingerprint density at radius 1 is 1.09 bits per heavy atom. The van der Waals surface area contributed by atoms with Gasteiger partial charge in [0.15, 0.2) is 5.16 Å². The Hall–Kier alpha value is -4.11. The first-order chi connectivity index (χ1) is 17.0. The van der Waals surface area contributed by atoms with Gasteiger partial charge in [-0.15, -0.1) is 0 Å². The highest BCUT2D eigenvalue weighted by molar-refractivity contribution is 7.99. The molecule has 2 heterocycles. The van der Waals surface area contributed by atoms with Crippen LogP contribution in [0.5, 0.6) is 5.75 Å². The van der Waals surface area contributed by atoms with E-state index >= 15 is 0 Å². The number of fused-ring (bicyclic) bond motifs is 3. The monoisotopic (exact) mass is 489 g/mol. The van der Waals surface area contributed by atoms with Crippen molar-refractivity contribution in [3.63, 3.8) is 0 Å². The van der Waals surface area contributed by atoms with E-state index in [4.69, 9.17) is 14.1 Å². The van der Waals surface area contributed by atoms with Crippen LogP contribution in [0.3, 0.4) is 0 Å². The van der Waals surface area contributed by atoms with Gasteiger partial charge in [-0.3, -0.25) is 14.2 Å². The van der Waals surface area contributed by atoms with Gasteiger partial charge in [0.2, 0.25) is 11.5 Å². The largest absolute Gasteiger partial charge is 0.494 e. The first-order valence-electron chi connectivity index (χ1n) is 10.9. The fraction of sp³-hybridized carbons (Fsp3) is 0.115. The first-order valence-corrected chi connectivity index (χ1v) is 11.9. The molecule has 0 saturated carbocycles. The zero-order valence-corrected chi connectivity index (χ0v) is 19.5. The van der Waals surface area contributed by atoms with Crippen molar-refractivity contribution in [2.75, 3.05) is 17.7 Å². The summed E-state index contributed by atoms with van der Waals surface area (Å²) in [5.74, 6) is -0.0370. The van der Waals surface area contributed by atoms with Gasteiger partial charge in [-0.2, -0.15) is 0 Å². The van der Waals surface area contributed by atoms with E-state index in [0.717, 1.165) is 17.1 Å². The predicted molar refractivity (Wildman–Crippen MR) is 134 cm³/mol. The molecule has 0 aliphatic carbocycles. The van der Waals surface area contributed by atoms with Gasteiger partial charge < -0.3 is 14.5 Å². The minimum atomic E-state index is -0.387. The molecule has 0 saturated heterocycles. The number of ether oxygens (including phenoxy) is 1. The fourth-order valence-electron chi connectivity index (χ4n) is 3.66. The number of rotatable bonds is 7. The van der Waals surface area contributed by atoms with E-state index in [1.54, 1.807) is 30.3 Å². The molecule has 0 unspecified atom stereocenters. The summed E-state index contributed by atoms with van der Waals surface area (Å²) >= 11 is 1.12. The lowest BCUT2D eigenvalue weighted by Crippen LogP contribution is -2.22. The molecule has 1 N–H and O–H groups in total. The predicted octanol–water partition coefficient (Wildman–Crippen LogP) is 5.40. The summed E-state index contributed by atoms with van der Waals surface area (Å²) in [7, 11) is 0. The van der Waals surface area contributed by atoms with E-state index in [-0.39, 0.29) is 28.6 Å². The molecular formula is C26H20FN3O4S. The molecule has 176 valence electrons. The molecule has 0 atom stereocenters. The third kappa shape index (κ3) is 4.63. The molecule has 0 aliphatic heterocycles. The second-order valence-corrected chi connectivity index (χ2v) is 8.52. The van der Waals surface area contributed by atoms with Crippen LogP contribution in [0, 0.1) is 5.82 Å². The standard InChI is InChI=1S/C26H20FN3O4S/c1-2-33-19-13-11-18(12-14-19)30-25(32)24-23(20-5-3-4-6-21(20)34-24)29-26(30)35-15-22(31)28-17-9-7-16(27)8-10-17/h3-14H,2,15H2,1H3,(H,28,31). The maximum Gasteiger partial charge on any atom is 0.302 e. The highest BCUT2D eigenvalue weighted by Gasteiger charge is 2.20. The van der Waals surface area contributed by atoms with Gasteiger partial charge in [0.05, 0.1) is 18.0 Å². The number of carbonyl (C=O) groups is 1. The summed E-state index contributed by atoms with van der Waals surface area (Å²) in [4.78, 5) is 30.8. The highest BCUT2D eigenvalue weighted by atomic mass is 32.2. The fourth-order valence-corrected chi connectivity index (χ4v) is 4.47. The zero-order valence-electron chi connectivity index (χ0n) is 18.7. The van der Waals surface area contributed by atoms with Crippen LogP contribution in [0.2, 0.25) is 0 Å². The Labute approximate surface area is 203 Å². The summed E-state index contributed by atoms with van der Waals surface area (Å²) in [6.07, 6.45) is 0. The molecule has 3 aromatic carbocycles. The normalized spacial score (nSPS) is 11.1. The molecule has 0 fully saturated rings. The van der Waals surface area contributed by atoms with Gasteiger partial charge >= 0.3 is 5.56 Å². The number of para-hydroxylation sites is 1. The van der Waals surface area contributed by atoms with Crippen LogP contribution in [-0.2, 0) is 4.79 Å². The van der Waals surface area contributed by atoms with Crippen molar-refractivity contribution in [2.45, 2.75) is 12.1 Å². The van der Waals surface area contributed by atoms with Crippen molar-refractivity contribution >= 4 is 45.4 Å². The van der Waals surface area contributed by atoms with Crippen LogP contribution in [0.15, 0.2) is 87.2 Å². The van der Waals surface area contributed by atoms with E-state index in [0.29, 0.717) is 40.0 Å². The molecule has 0 spiro atoms. The molecular weight excluding hydrogens is 469 g/mol. The van der Waals surface area contributed by atoms with Crippen molar-refractivity contribution < 1.29 is 18.3 Å². The van der Waals surface area contributed by atoms with Crippen LogP contribution in [0.1, 0.15) is 6.92 Å². The van der Waals surface area contributed by atoms with Crippen LogP contribution in [0.4, 0.5) is 10.1 Å². The number of anilines is 1. The molecule has 1 amide bonds. The van der Waals surface area contributed by atoms with Gasteiger partial charge in [-0.1, -0.05) is 23.9 Å². The lowest BCUT2D eigenvalue weighted by Gasteiger charge is -2.12. The van der Waals surface area contributed by atoms with Crippen LogP contribution in [-0.4, -0.2) is 27.8 Å². The zero-order chi connectivity index (χ0) is 24.4. The van der Waals surface area contributed by atoms with Gasteiger partial charge in [-0.05, 0) is 67.6 Å². The number of halogens is 1. The van der Waals surface area contributed by atoms with Gasteiger partial charge in [0, 0.05) is 11.1 Å². The summed E-state index contributed by atoms with van der Waals surface area (Å²) < 4.78 is 25.9. The summed E-state index contributed by atoms with van der Waals surface area (Å²) in [5, 5.41) is 3.78. The number of nitrogens with one attached hydrogen (secondary N) is 1. The third-order valence-corrected chi connectivity index (χ3v) is 6.17. The topological polar surface area (TPSA) is 86.4 Å². The molecule has 9 heteroatoms. The van der Waals surface area contributed by atoms with Crippen molar-refractivity contribution in [3.8, 4) is 11.4 Å². The average Bonchev–Trinajstić information content (AvgIpc) is 3.24. The molecule has 2 aromatic heterocycles. The molecule has 5 aromatic rings. The lowest BCUT2D eigenvalue weighted by atomic mass is 10.2. The van der Waals surface area contributed by atoms with E-state index in [1.165, 1.54) is 28.8 Å². The van der Waals surface area contributed by atoms with E-state index in [1.807, 2.05) is 25.1 Å². The average molecular weight is 490 g/mol. The van der Waals surface area contributed by atoms with Gasteiger partial charge in [0.1, 0.15) is 22.7 Å². The number of hydrogen-bond donors (Lipinski definition) is 1. The number of furan rings is 1. The summed E-state index contributed by atoms with van der Waals surface area (Å²) in [5.41, 5.74) is 1.80. The van der Waals surface area contributed by atoms with E-state index in [2.05, 4.69) is 5.32 Å². The maximum absolute atomic E-state index is 13.5. The number of hydrogen-bond acceptors (Lipinski definition) is 6. The second-order valence-electron chi connectivity index (χ2n) is 7.58. The third-order valence-electron chi connectivity index (χ3n) is 5.23. The Balaban J connectivity index is 1.53. The molecule has 0 radical (unpaired) electrons. The van der Waals surface area contributed by atoms with Crippen LogP contribution >= 0.6 is 11.8 Å². The van der Waals surface area contributed by atoms with Gasteiger partial charge in [0.25, 0.3) is 0 Å². The number of amides is 1.